The van der Waals surface area contributed by atoms with Crippen LogP contribution in [0.4, 0.5) is 0 Å². The molecule has 11 aromatic rings. The van der Waals surface area contributed by atoms with Gasteiger partial charge in [-0.25, -0.2) is 0 Å². The number of fused-ring (bicyclic) bond motifs is 9. The third-order valence-electron chi connectivity index (χ3n) is 10.5. The third-order valence-corrected chi connectivity index (χ3v) is 11.8. The van der Waals surface area contributed by atoms with Gasteiger partial charge >= 0.3 is 0 Å². The molecule has 0 atom stereocenters. The Morgan fingerprint density at radius 1 is 0.333 bits per heavy atom. The molecule has 0 aliphatic heterocycles. The maximum Gasteiger partial charge on any atom is 0.0619 e. The van der Waals surface area contributed by atoms with Gasteiger partial charge in [0, 0.05) is 58.7 Å². The Bertz CT molecular complexity index is 3120. The fourth-order valence-corrected chi connectivity index (χ4v) is 9.52. The molecular weight excluding hydrogens is 637 g/mol. The highest BCUT2D eigenvalue weighted by Gasteiger charge is 2.19. The number of thiophene rings is 1. The zero-order chi connectivity index (χ0) is 33.5. The number of hydrogen-bond donors (Lipinski definition) is 0. The van der Waals surface area contributed by atoms with E-state index >= 15 is 0 Å². The van der Waals surface area contributed by atoms with Crippen molar-refractivity contribution >= 4 is 75.1 Å². The molecule has 0 N–H and O–H groups in total. The average Bonchev–Trinajstić information content (AvgIpc) is 3.86. The summed E-state index contributed by atoms with van der Waals surface area (Å²) in [5.74, 6) is 0. The first kappa shape index (κ1) is 28.4. The first-order valence-corrected chi connectivity index (χ1v) is 18.3. The summed E-state index contributed by atoms with van der Waals surface area (Å²) in [5.41, 5.74) is 12.1. The first-order chi connectivity index (χ1) is 25.3. The lowest BCUT2D eigenvalue weighted by Crippen LogP contribution is -1.96. The van der Waals surface area contributed by atoms with Crippen LogP contribution in [0.1, 0.15) is 0 Å². The van der Waals surface area contributed by atoms with Crippen molar-refractivity contribution in [3.05, 3.63) is 182 Å². The van der Waals surface area contributed by atoms with Crippen LogP contribution in [0.5, 0.6) is 0 Å². The van der Waals surface area contributed by atoms with E-state index in [-0.39, 0.29) is 0 Å². The van der Waals surface area contributed by atoms with Gasteiger partial charge in [-0.3, -0.25) is 0 Å². The largest absolute Gasteiger partial charge is 0.309 e. The number of aromatic nitrogens is 2. The zero-order valence-electron chi connectivity index (χ0n) is 27.6. The molecule has 238 valence electrons. The number of nitrogens with zero attached hydrogens (tertiary/aromatic N) is 2. The molecule has 0 aliphatic rings. The monoisotopic (exact) mass is 666 g/mol. The summed E-state index contributed by atoms with van der Waals surface area (Å²) < 4.78 is 7.54. The van der Waals surface area contributed by atoms with E-state index in [0.29, 0.717) is 0 Å². The molecule has 3 aromatic heterocycles. The van der Waals surface area contributed by atoms with Crippen LogP contribution in [0.25, 0.3) is 97.4 Å². The van der Waals surface area contributed by atoms with Crippen LogP contribution in [0.3, 0.4) is 0 Å². The van der Waals surface area contributed by atoms with Gasteiger partial charge in [0.15, 0.2) is 0 Å². The molecule has 8 aromatic carbocycles. The topological polar surface area (TPSA) is 9.86 Å². The molecule has 0 radical (unpaired) electrons. The van der Waals surface area contributed by atoms with Gasteiger partial charge in [-0.2, -0.15) is 0 Å². The Kier molecular flexibility index (Phi) is 6.16. The molecule has 3 heteroatoms. The van der Waals surface area contributed by atoms with Crippen molar-refractivity contribution in [3.8, 4) is 33.6 Å². The molecule has 0 fully saturated rings. The fourth-order valence-electron chi connectivity index (χ4n) is 8.28. The van der Waals surface area contributed by atoms with Crippen LogP contribution in [0.15, 0.2) is 182 Å². The van der Waals surface area contributed by atoms with Gasteiger partial charge < -0.3 is 9.13 Å². The minimum atomic E-state index is 1.15. The predicted octanol–water partition coefficient (Wildman–Crippen LogP) is 13.6. The molecule has 0 saturated heterocycles. The predicted molar refractivity (Wildman–Crippen MR) is 219 cm³/mol. The zero-order valence-corrected chi connectivity index (χ0v) is 28.4. The Labute approximate surface area is 298 Å². The Morgan fingerprint density at radius 2 is 0.902 bits per heavy atom. The maximum atomic E-state index is 2.44. The van der Waals surface area contributed by atoms with Crippen molar-refractivity contribution < 1.29 is 0 Å². The lowest BCUT2D eigenvalue weighted by molar-refractivity contribution is 1.18. The highest BCUT2D eigenvalue weighted by atomic mass is 32.1. The third kappa shape index (κ3) is 4.22. The van der Waals surface area contributed by atoms with E-state index in [1.54, 1.807) is 0 Å². The quantitative estimate of drug-likeness (QED) is 0.177. The Balaban J connectivity index is 1.11. The number of hydrogen-bond acceptors (Lipinski definition) is 1. The molecule has 0 unspecified atom stereocenters. The second kappa shape index (κ2) is 11.0. The Morgan fingerprint density at radius 3 is 1.71 bits per heavy atom. The van der Waals surface area contributed by atoms with Crippen LogP contribution in [-0.4, -0.2) is 9.13 Å². The SMILES string of the molecule is c1ccc(-n2c3ccccc3c3cccc(-c4ccc5c6ccccc6n(-c6ccc(-c7cccc8c7sc7ccccc78)cc6)c5c4)c32)cc1. The van der Waals surface area contributed by atoms with E-state index in [0.717, 1.165) is 11.4 Å². The highest BCUT2D eigenvalue weighted by molar-refractivity contribution is 7.26. The second-order valence-corrected chi connectivity index (χ2v) is 14.4. The molecule has 0 saturated carbocycles. The molecule has 51 heavy (non-hydrogen) atoms. The minimum absolute atomic E-state index is 1.15. The minimum Gasteiger partial charge on any atom is -0.309 e. The van der Waals surface area contributed by atoms with Crippen molar-refractivity contribution in [3.63, 3.8) is 0 Å². The van der Waals surface area contributed by atoms with Crippen molar-refractivity contribution in [2.24, 2.45) is 0 Å². The van der Waals surface area contributed by atoms with Crippen LogP contribution < -0.4 is 0 Å². The average molecular weight is 667 g/mol. The Hall–Kier alpha value is -6.42. The van der Waals surface area contributed by atoms with Crippen LogP contribution in [0.2, 0.25) is 0 Å². The summed E-state index contributed by atoms with van der Waals surface area (Å²) in [7, 11) is 0. The summed E-state index contributed by atoms with van der Waals surface area (Å²) in [4.78, 5) is 0. The van der Waals surface area contributed by atoms with Gasteiger partial charge in [-0.15, -0.1) is 11.3 Å². The summed E-state index contributed by atoms with van der Waals surface area (Å²) in [6.07, 6.45) is 0. The maximum absolute atomic E-state index is 2.44. The standard InChI is InChI=1S/C48H30N2S/c1-2-12-33(13-3-1)50-44-22-8-5-15-38(44)41-19-10-17-35(47(41)50)32-26-29-39-37-14-4-7-21-43(37)49(45(39)30-32)34-27-24-31(25-28-34)36-18-11-20-42-40-16-6-9-23-46(40)51-48(36)42/h1-30H. The summed E-state index contributed by atoms with van der Waals surface area (Å²) in [5, 5.41) is 7.70. The van der Waals surface area contributed by atoms with E-state index in [9.17, 15) is 0 Å². The molecule has 2 nitrogen and oxygen atoms in total. The van der Waals surface area contributed by atoms with E-state index < -0.39 is 0 Å². The lowest BCUT2D eigenvalue weighted by atomic mass is 10.00. The van der Waals surface area contributed by atoms with Crippen LogP contribution in [-0.2, 0) is 0 Å². The van der Waals surface area contributed by atoms with Gasteiger partial charge in [0.1, 0.15) is 0 Å². The van der Waals surface area contributed by atoms with E-state index in [4.69, 9.17) is 0 Å². The van der Waals surface area contributed by atoms with Gasteiger partial charge in [0.05, 0.1) is 22.1 Å². The van der Waals surface area contributed by atoms with Crippen molar-refractivity contribution in [2.75, 3.05) is 0 Å². The summed E-state index contributed by atoms with van der Waals surface area (Å²) >= 11 is 1.88. The van der Waals surface area contributed by atoms with Crippen LogP contribution in [0, 0.1) is 0 Å². The highest BCUT2D eigenvalue weighted by Crippen LogP contribution is 2.42. The van der Waals surface area contributed by atoms with Gasteiger partial charge in [-0.1, -0.05) is 133 Å². The van der Waals surface area contributed by atoms with Crippen molar-refractivity contribution in [2.45, 2.75) is 0 Å². The molecule has 0 aliphatic carbocycles. The normalized spacial score (nSPS) is 11.9. The van der Waals surface area contributed by atoms with Gasteiger partial charge in [0.25, 0.3) is 0 Å². The van der Waals surface area contributed by atoms with E-state index in [2.05, 4.69) is 191 Å². The number of benzene rings is 8. The molecule has 0 amide bonds. The lowest BCUT2D eigenvalue weighted by Gasteiger charge is -2.13. The second-order valence-electron chi connectivity index (χ2n) is 13.3. The summed E-state index contributed by atoms with van der Waals surface area (Å²) in [6, 6.07) is 66.6. The number of para-hydroxylation sites is 4. The van der Waals surface area contributed by atoms with Crippen molar-refractivity contribution in [1.29, 1.82) is 0 Å². The molecule has 11 rings (SSSR count). The molecule has 0 bridgehead atoms. The fraction of sp³-hybridized carbons (Fsp3) is 0. The van der Waals surface area contributed by atoms with Crippen molar-refractivity contribution in [1.82, 2.24) is 9.13 Å². The molecule has 0 spiro atoms. The number of rotatable bonds is 4. The molecule has 3 heterocycles. The summed E-state index contributed by atoms with van der Waals surface area (Å²) in [6.45, 7) is 0. The smallest absolute Gasteiger partial charge is 0.0619 e. The first-order valence-electron chi connectivity index (χ1n) is 17.4. The van der Waals surface area contributed by atoms with Crippen LogP contribution >= 0.6 is 11.3 Å². The van der Waals surface area contributed by atoms with Gasteiger partial charge in [0.2, 0.25) is 0 Å². The van der Waals surface area contributed by atoms with E-state index in [1.165, 1.54) is 86.0 Å². The molecular formula is C48H30N2S. The van der Waals surface area contributed by atoms with E-state index in [1.807, 2.05) is 11.3 Å². The van der Waals surface area contributed by atoms with Gasteiger partial charge in [-0.05, 0) is 65.2 Å².